The third-order valence-corrected chi connectivity index (χ3v) is 2.91. The zero-order chi connectivity index (χ0) is 14.8. The second-order valence-corrected chi connectivity index (χ2v) is 4.38. The van der Waals surface area contributed by atoms with E-state index in [4.69, 9.17) is 0 Å². The highest BCUT2D eigenvalue weighted by Gasteiger charge is 2.30. The average Bonchev–Trinajstić information content (AvgIpc) is 2.85. The number of benzene rings is 1. The normalized spacial score (nSPS) is 11.6. The van der Waals surface area contributed by atoms with E-state index in [0.717, 1.165) is 17.7 Å². The van der Waals surface area contributed by atoms with Crippen LogP contribution in [0.5, 0.6) is 0 Å². The van der Waals surface area contributed by atoms with Crippen LogP contribution in [0.4, 0.5) is 13.2 Å². The molecule has 0 radical (unpaired) electrons. The Hall–Kier alpha value is -2.11. The fraction of sp³-hybridized carbons (Fsp3) is 0.286. The van der Waals surface area contributed by atoms with Crippen molar-refractivity contribution in [2.24, 2.45) is 0 Å². The van der Waals surface area contributed by atoms with Crippen LogP contribution in [0.1, 0.15) is 28.4 Å². The Kier molecular flexibility index (Phi) is 3.92. The molecule has 0 aliphatic rings. The van der Waals surface area contributed by atoms with Gasteiger partial charge in [0.15, 0.2) is 5.78 Å². The maximum absolute atomic E-state index is 12.4. The molecule has 1 aromatic carbocycles. The number of hydrogen-bond donors (Lipinski definition) is 0. The molecule has 106 valence electrons. The molecule has 0 N–H and O–H groups in total. The van der Waals surface area contributed by atoms with Gasteiger partial charge >= 0.3 is 6.18 Å². The van der Waals surface area contributed by atoms with Crippen LogP contribution in [0.15, 0.2) is 36.7 Å². The van der Waals surface area contributed by atoms with Gasteiger partial charge in [-0.05, 0) is 24.6 Å². The van der Waals surface area contributed by atoms with Crippen LogP contribution >= 0.6 is 0 Å². The Morgan fingerprint density at radius 1 is 1.25 bits per heavy atom. The van der Waals surface area contributed by atoms with Gasteiger partial charge in [-0.15, -0.1) is 0 Å². The number of hydrogen-bond acceptors (Lipinski definition) is 2. The van der Waals surface area contributed by atoms with Crippen LogP contribution in [0.2, 0.25) is 0 Å². The molecule has 0 unspecified atom stereocenters. The van der Waals surface area contributed by atoms with E-state index in [1.165, 1.54) is 12.1 Å². The minimum Gasteiger partial charge on any atom is -0.294 e. The fourth-order valence-electron chi connectivity index (χ4n) is 1.80. The Morgan fingerprint density at radius 2 is 1.90 bits per heavy atom. The average molecular weight is 282 g/mol. The lowest BCUT2D eigenvalue weighted by Crippen LogP contribution is -2.07. The molecule has 0 spiro atoms. The van der Waals surface area contributed by atoms with Crippen molar-refractivity contribution in [1.82, 2.24) is 9.78 Å². The summed E-state index contributed by atoms with van der Waals surface area (Å²) in [5, 5.41) is 4.04. The third-order valence-electron chi connectivity index (χ3n) is 2.91. The van der Waals surface area contributed by atoms with E-state index in [1.54, 1.807) is 17.1 Å². The summed E-state index contributed by atoms with van der Waals surface area (Å²) in [6, 6.07) is 4.25. The van der Waals surface area contributed by atoms with Crippen molar-refractivity contribution in [3.05, 3.63) is 53.3 Å². The van der Waals surface area contributed by atoms with Gasteiger partial charge < -0.3 is 0 Å². The molecule has 0 fully saturated rings. The van der Waals surface area contributed by atoms with Crippen LogP contribution in [-0.2, 0) is 19.1 Å². The molecule has 2 aromatic rings. The highest BCUT2D eigenvalue weighted by atomic mass is 19.4. The quantitative estimate of drug-likeness (QED) is 0.806. The van der Waals surface area contributed by atoms with Gasteiger partial charge in [-0.25, -0.2) is 0 Å². The maximum Gasteiger partial charge on any atom is 0.416 e. The number of aromatic nitrogens is 2. The zero-order valence-corrected chi connectivity index (χ0v) is 10.8. The number of aryl methyl sites for hydroxylation is 1. The monoisotopic (exact) mass is 282 g/mol. The summed E-state index contributed by atoms with van der Waals surface area (Å²) in [5.74, 6) is -0.227. The van der Waals surface area contributed by atoms with Crippen LogP contribution in [0, 0.1) is 0 Å². The first-order valence-corrected chi connectivity index (χ1v) is 6.12. The maximum atomic E-state index is 12.4. The van der Waals surface area contributed by atoms with Gasteiger partial charge in [0.25, 0.3) is 0 Å². The molecular weight excluding hydrogens is 269 g/mol. The molecular formula is C14H13F3N2O. The van der Waals surface area contributed by atoms with Gasteiger partial charge in [-0.1, -0.05) is 12.1 Å². The van der Waals surface area contributed by atoms with E-state index in [1.807, 2.05) is 6.92 Å². The highest BCUT2D eigenvalue weighted by Crippen LogP contribution is 2.29. The van der Waals surface area contributed by atoms with Gasteiger partial charge in [0.2, 0.25) is 0 Å². The molecule has 0 saturated heterocycles. The van der Waals surface area contributed by atoms with Crippen molar-refractivity contribution >= 4 is 5.78 Å². The number of nitrogens with zero attached hydrogens (tertiary/aromatic N) is 2. The predicted octanol–water partition coefficient (Wildman–Crippen LogP) is 3.35. The van der Waals surface area contributed by atoms with Gasteiger partial charge in [-0.3, -0.25) is 9.48 Å². The SMILES string of the molecule is CCn1cc(CC(=O)c2ccc(C(F)(F)F)cc2)cn1. The molecule has 6 heteroatoms. The number of alkyl halides is 3. The number of carbonyl (C=O) groups excluding carboxylic acids is 1. The minimum absolute atomic E-state index is 0.130. The molecule has 0 bridgehead atoms. The molecule has 20 heavy (non-hydrogen) atoms. The van der Waals surface area contributed by atoms with Gasteiger partial charge in [-0.2, -0.15) is 18.3 Å². The summed E-state index contributed by atoms with van der Waals surface area (Å²) in [6.07, 6.45) is -0.914. The van der Waals surface area contributed by atoms with Gasteiger partial charge in [0.1, 0.15) is 0 Å². The van der Waals surface area contributed by atoms with Crippen LogP contribution in [-0.4, -0.2) is 15.6 Å². The molecule has 1 aromatic heterocycles. The number of halogens is 3. The third kappa shape index (κ3) is 3.26. The lowest BCUT2D eigenvalue weighted by molar-refractivity contribution is -0.137. The van der Waals surface area contributed by atoms with E-state index in [9.17, 15) is 18.0 Å². The fourth-order valence-corrected chi connectivity index (χ4v) is 1.80. The van der Waals surface area contributed by atoms with E-state index in [-0.39, 0.29) is 17.8 Å². The lowest BCUT2D eigenvalue weighted by atomic mass is 10.0. The van der Waals surface area contributed by atoms with Crippen LogP contribution < -0.4 is 0 Å². The zero-order valence-electron chi connectivity index (χ0n) is 10.8. The van der Waals surface area contributed by atoms with E-state index >= 15 is 0 Å². The Bertz CT molecular complexity index is 600. The first-order chi connectivity index (χ1) is 9.40. The van der Waals surface area contributed by atoms with Gasteiger partial charge in [0, 0.05) is 24.7 Å². The first kappa shape index (κ1) is 14.3. The van der Waals surface area contributed by atoms with Crippen molar-refractivity contribution in [1.29, 1.82) is 0 Å². The minimum atomic E-state index is -4.39. The number of Topliss-reactive ketones (excluding diaryl/α,β-unsaturated/α-hetero) is 1. The van der Waals surface area contributed by atoms with Crippen molar-refractivity contribution in [2.75, 3.05) is 0 Å². The highest BCUT2D eigenvalue weighted by molar-refractivity contribution is 5.97. The Balaban J connectivity index is 2.09. The summed E-state index contributed by atoms with van der Waals surface area (Å²) in [4.78, 5) is 12.0. The largest absolute Gasteiger partial charge is 0.416 e. The predicted molar refractivity (Wildman–Crippen MR) is 67.4 cm³/mol. The summed E-state index contributed by atoms with van der Waals surface area (Å²) in [5.41, 5.74) is 0.256. The molecule has 1 heterocycles. The van der Waals surface area contributed by atoms with Crippen LogP contribution in [0.25, 0.3) is 0 Å². The number of ketones is 1. The van der Waals surface area contributed by atoms with E-state index in [0.29, 0.717) is 6.54 Å². The van der Waals surface area contributed by atoms with E-state index < -0.39 is 11.7 Å². The van der Waals surface area contributed by atoms with Crippen molar-refractivity contribution in [3.8, 4) is 0 Å². The molecule has 3 nitrogen and oxygen atoms in total. The lowest BCUT2D eigenvalue weighted by Gasteiger charge is -2.06. The molecule has 0 amide bonds. The van der Waals surface area contributed by atoms with Crippen molar-refractivity contribution in [2.45, 2.75) is 26.1 Å². The van der Waals surface area contributed by atoms with Crippen molar-refractivity contribution in [3.63, 3.8) is 0 Å². The molecule has 0 aliphatic heterocycles. The van der Waals surface area contributed by atoms with E-state index in [2.05, 4.69) is 5.10 Å². The Morgan fingerprint density at radius 3 is 2.40 bits per heavy atom. The standard InChI is InChI=1S/C14H13F3N2O/c1-2-19-9-10(8-18-19)7-13(20)11-3-5-12(6-4-11)14(15,16)17/h3-6,8-9H,2,7H2,1H3. The first-order valence-electron chi connectivity index (χ1n) is 6.12. The van der Waals surface area contributed by atoms with Crippen molar-refractivity contribution < 1.29 is 18.0 Å². The Labute approximate surface area is 114 Å². The van der Waals surface area contributed by atoms with Crippen LogP contribution in [0.3, 0.4) is 0 Å². The second kappa shape index (κ2) is 5.48. The number of carbonyl (C=O) groups is 1. The summed E-state index contributed by atoms with van der Waals surface area (Å²) < 4.78 is 38.9. The summed E-state index contributed by atoms with van der Waals surface area (Å²) in [7, 11) is 0. The van der Waals surface area contributed by atoms with Gasteiger partial charge in [0.05, 0.1) is 11.8 Å². The topological polar surface area (TPSA) is 34.9 Å². The summed E-state index contributed by atoms with van der Waals surface area (Å²) in [6.45, 7) is 2.63. The second-order valence-electron chi connectivity index (χ2n) is 4.38. The molecule has 0 aliphatic carbocycles. The molecule has 0 saturated carbocycles. The summed E-state index contributed by atoms with van der Waals surface area (Å²) >= 11 is 0. The molecule has 0 atom stereocenters. The number of rotatable bonds is 4. The smallest absolute Gasteiger partial charge is 0.294 e. The molecule has 2 rings (SSSR count).